The molecule has 0 saturated carbocycles. The molecular formula is C21H25N5O2S. The standard InChI is InChI=1S/C21H25N5O2S/c1-12-6-7-16-19(22-12)25-21(28-16)26-10-8-14(9-11-26)20(27)24-15-4-3-5-17-18(15)23-13(2)29-17/h6-7,14-15H,3-5,8-11H2,1-2H3,(H,24,27). The van der Waals surface area contributed by atoms with Crippen molar-refractivity contribution >= 4 is 34.5 Å². The Bertz CT molecular complexity index is 1050. The number of anilines is 1. The number of amides is 1. The molecule has 3 aromatic heterocycles. The molecule has 2 aliphatic rings. The van der Waals surface area contributed by atoms with E-state index in [1.54, 1.807) is 11.3 Å². The summed E-state index contributed by atoms with van der Waals surface area (Å²) in [7, 11) is 0. The maximum Gasteiger partial charge on any atom is 0.299 e. The number of nitrogens with zero attached hydrogens (tertiary/aromatic N) is 4. The number of aromatic nitrogens is 3. The van der Waals surface area contributed by atoms with Gasteiger partial charge >= 0.3 is 0 Å². The van der Waals surface area contributed by atoms with Crippen molar-refractivity contribution in [3.05, 3.63) is 33.4 Å². The Morgan fingerprint density at radius 1 is 1.17 bits per heavy atom. The van der Waals surface area contributed by atoms with Crippen molar-refractivity contribution < 1.29 is 9.21 Å². The van der Waals surface area contributed by atoms with Gasteiger partial charge in [-0.2, -0.15) is 4.98 Å². The highest BCUT2D eigenvalue weighted by molar-refractivity contribution is 7.11. The fourth-order valence-electron chi connectivity index (χ4n) is 4.34. The van der Waals surface area contributed by atoms with Crippen LogP contribution in [0.1, 0.15) is 53.0 Å². The van der Waals surface area contributed by atoms with Crippen LogP contribution in [0.25, 0.3) is 11.2 Å². The van der Waals surface area contributed by atoms with Gasteiger partial charge in [0.05, 0.1) is 16.7 Å². The van der Waals surface area contributed by atoms with Crippen molar-refractivity contribution in [3.63, 3.8) is 0 Å². The van der Waals surface area contributed by atoms with Crippen molar-refractivity contribution in [1.82, 2.24) is 20.3 Å². The highest BCUT2D eigenvalue weighted by atomic mass is 32.1. The van der Waals surface area contributed by atoms with E-state index < -0.39 is 0 Å². The fraction of sp³-hybridized carbons (Fsp3) is 0.524. The lowest BCUT2D eigenvalue weighted by Gasteiger charge is -2.31. The van der Waals surface area contributed by atoms with Crippen LogP contribution in [0.15, 0.2) is 16.5 Å². The van der Waals surface area contributed by atoms with Crippen LogP contribution in [0.4, 0.5) is 6.01 Å². The molecule has 7 nitrogen and oxygen atoms in total. The predicted molar refractivity (Wildman–Crippen MR) is 112 cm³/mol. The zero-order chi connectivity index (χ0) is 20.0. The number of piperidine rings is 1. The molecule has 0 radical (unpaired) electrons. The lowest BCUT2D eigenvalue weighted by molar-refractivity contribution is -0.126. The number of oxazole rings is 1. The van der Waals surface area contributed by atoms with Gasteiger partial charge in [0.15, 0.2) is 5.58 Å². The van der Waals surface area contributed by atoms with Crippen LogP contribution in [0.2, 0.25) is 0 Å². The van der Waals surface area contributed by atoms with Crippen LogP contribution in [0.3, 0.4) is 0 Å². The van der Waals surface area contributed by atoms with Crippen molar-refractivity contribution in [1.29, 1.82) is 0 Å². The smallest absolute Gasteiger partial charge is 0.299 e. The molecule has 5 rings (SSSR count). The minimum absolute atomic E-state index is 0.0288. The summed E-state index contributed by atoms with van der Waals surface area (Å²) in [5.74, 6) is 0.184. The molecule has 1 aliphatic heterocycles. The topological polar surface area (TPSA) is 84.2 Å². The summed E-state index contributed by atoms with van der Waals surface area (Å²) < 4.78 is 5.87. The van der Waals surface area contributed by atoms with Crippen LogP contribution < -0.4 is 10.2 Å². The Morgan fingerprint density at radius 2 is 2.00 bits per heavy atom. The molecule has 152 valence electrons. The van der Waals surface area contributed by atoms with Crippen molar-refractivity contribution in [2.24, 2.45) is 5.92 Å². The molecule has 3 aromatic rings. The van der Waals surface area contributed by atoms with Gasteiger partial charge in [-0.15, -0.1) is 11.3 Å². The minimum Gasteiger partial charge on any atom is -0.422 e. The van der Waals surface area contributed by atoms with Crippen LogP contribution in [0, 0.1) is 19.8 Å². The van der Waals surface area contributed by atoms with Crippen LogP contribution >= 0.6 is 11.3 Å². The molecular weight excluding hydrogens is 386 g/mol. The van der Waals surface area contributed by atoms with E-state index in [0.29, 0.717) is 17.2 Å². The quantitative estimate of drug-likeness (QED) is 0.707. The third-order valence-corrected chi connectivity index (χ3v) is 6.94. The Labute approximate surface area is 173 Å². The van der Waals surface area contributed by atoms with Gasteiger partial charge < -0.3 is 14.6 Å². The highest BCUT2D eigenvalue weighted by Gasteiger charge is 2.31. The molecule has 1 saturated heterocycles. The number of hydrogen-bond donors (Lipinski definition) is 1. The number of hydrogen-bond acceptors (Lipinski definition) is 7. The van der Waals surface area contributed by atoms with Crippen molar-refractivity contribution in [2.45, 2.75) is 52.0 Å². The van der Waals surface area contributed by atoms with Gasteiger partial charge in [0.2, 0.25) is 11.6 Å². The minimum atomic E-state index is 0.0288. The molecule has 0 spiro atoms. The highest BCUT2D eigenvalue weighted by Crippen LogP contribution is 2.34. The average molecular weight is 412 g/mol. The molecule has 8 heteroatoms. The zero-order valence-corrected chi connectivity index (χ0v) is 17.6. The first-order valence-corrected chi connectivity index (χ1v) is 11.1. The maximum absolute atomic E-state index is 12.9. The summed E-state index contributed by atoms with van der Waals surface area (Å²) in [6, 6.07) is 4.51. The lowest BCUT2D eigenvalue weighted by atomic mass is 9.93. The third kappa shape index (κ3) is 3.61. The van der Waals surface area contributed by atoms with Gasteiger partial charge in [0.1, 0.15) is 0 Å². The van der Waals surface area contributed by atoms with E-state index in [-0.39, 0.29) is 17.9 Å². The van der Waals surface area contributed by atoms with Gasteiger partial charge in [-0.3, -0.25) is 4.79 Å². The second-order valence-corrected chi connectivity index (χ2v) is 9.31. The maximum atomic E-state index is 12.9. The number of aryl methyl sites for hydroxylation is 3. The molecule has 1 fully saturated rings. The van der Waals surface area contributed by atoms with Crippen LogP contribution in [0.5, 0.6) is 0 Å². The largest absolute Gasteiger partial charge is 0.422 e. The second kappa shape index (κ2) is 7.40. The van der Waals surface area contributed by atoms with Crippen LogP contribution in [-0.4, -0.2) is 33.9 Å². The van der Waals surface area contributed by atoms with Gasteiger partial charge in [0, 0.05) is 29.6 Å². The van der Waals surface area contributed by atoms with E-state index in [0.717, 1.165) is 61.6 Å². The molecule has 0 bridgehead atoms. The summed E-state index contributed by atoms with van der Waals surface area (Å²) in [4.78, 5) is 30.0. The van der Waals surface area contributed by atoms with Crippen LogP contribution in [-0.2, 0) is 11.2 Å². The first-order chi connectivity index (χ1) is 14.1. The van der Waals surface area contributed by atoms with E-state index in [4.69, 9.17) is 4.42 Å². The summed E-state index contributed by atoms with van der Waals surface area (Å²) >= 11 is 1.77. The van der Waals surface area contributed by atoms with Gasteiger partial charge in [-0.05, 0) is 58.1 Å². The zero-order valence-electron chi connectivity index (χ0n) is 16.8. The third-order valence-electron chi connectivity index (χ3n) is 5.90. The number of rotatable bonds is 3. The molecule has 0 aromatic carbocycles. The Balaban J connectivity index is 1.22. The monoisotopic (exact) mass is 411 g/mol. The predicted octanol–water partition coefficient (Wildman–Crippen LogP) is 3.71. The number of pyridine rings is 1. The fourth-order valence-corrected chi connectivity index (χ4v) is 5.38. The van der Waals surface area contributed by atoms with E-state index in [1.807, 2.05) is 26.0 Å². The van der Waals surface area contributed by atoms with Gasteiger partial charge in [-0.1, -0.05) is 0 Å². The number of fused-ring (bicyclic) bond motifs is 2. The van der Waals surface area contributed by atoms with Gasteiger partial charge in [-0.25, -0.2) is 9.97 Å². The van der Waals surface area contributed by atoms with E-state index in [9.17, 15) is 4.79 Å². The molecule has 1 unspecified atom stereocenters. The summed E-state index contributed by atoms with van der Waals surface area (Å²) in [5, 5.41) is 4.37. The first kappa shape index (κ1) is 18.5. The average Bonchev–Trinajstić information content (AvgIpc) is 3.31. The molecule has 1 aliphatic carbocycles. The molecule has 4 heterocycles. The lowest BCUT2D eigenvalue weighted by Crippen LogP contribution is -2.42. The summed E-state index contributed by atoms with van der Waals surface area (Å²) in [6.07, 6.45) is 4.78. The molecule has 1 N–H and O–H groups in total. The summed E-state index contributed by atoms with van der Waals surface area (Å²) in [6.45, 7) is 5.51. The summed E-state index contributed by atoms with van der Waals surface area (Å²) in [5.41, 5.74) is 3.37. The molecule has 1 atom stereocenters. The number of nitrogens with one attached hydrogen (secondary N) is 1. The van der Waals surface area contributed by atoms with Crippen molar-refractivity contribution in [3.8, 4) is 0 Å². The number of thiazole rings is 1. The SMILES string of the molecule is Cc1ccc2oc(N3CCC(C(=O)NC4CCCc5sc(C)nc54)CC3)nc2n1. The first-order valence-electron chi connectivity index (χ1n) is 10.3. The number of carbonyl (C=O) groups excluding carboxylic acids is 1. The Hall–Kier alpha value is -2.48. The normalized spacial score (nSPS) is 20.1. The van der Waals surface area contributed by atoms with Gasteiger partial charge in [0.25, 0.3) is 6.01 Å². The molecule has 29 heavy (non-hydrogen) atoms. The molecule has 1 amide bonds. The van der Waals surface area contributed by atoms with Crippen molar-refractivity contribution in [2.75, 3.05) is 18.0 Å². The Kier molecular flexibility index (Phi) is 4.73. The van der Waals surface area contributed by atoms with E-state index in [2.05, 4.69) is 25.2 Å². The Morgan fingerprint density at radius 3 is 2.83 bits per heavy atom. The van der Waals surface area contributed by atoms with E-state index in [1.165, 1.54) is 4.88 Å². The second-order valence-electron chi connectivity index (χ2n) is 8.03. The van der Waals surface area contributed by atoms with E-state index >= 15 is 0 Å². The number of carbonyl (C=O) groups is 1.